The van der Waals surface area contributed by atoms with E-state index in [2.05, 4.69) is 5.32 Å². The minimum atomic E-state index is 0.612. The van der Waals surface area contributed by atoms with E-state index >= 15 is 0 Å². The van der Waals surface area contributed by atoms with Crippen molar-refractivity contribution in [1.82, 2.24) is 0 Å². The lowest BCUT2D eigenvalue weighted by Crippen LogP contribution is -2.01. The number of rotatable bonds is 6. The van der Waals surface area contributed by atoms with Crippen molar-refractivity contribution >= 4 is 12.1 Å². The summed E-state index contributed by atoms with van der Waals surface area (Å²) >= 11 is 0. The van der Waals surface area contributed by atoms with Crippen LogP contribution in [0.4, 0.5) is 5.69 Å². The van der Waals surface area contributed by atoms with Crippen molar-refractivity contribution in [1.29, 1.82) is 0 Å². The van der Waals surface area contributed by atoms with Crippen molar-refractivity contribution in [3.8, 4) is 11.5 Å². The van der Waals surface area contributed by atoms with E-state index < -0.39 is 0 Å². The lowest BCUT2D eigenvalue weighted by atomic mass is 10.2. The predicted octanol–water partition coefficient (Wildman–Crippen LogP) is 2.05. The molecule has 0 atom stereocenters. The second-order valence-corrected chi connectivity index (χ2v) is 2.97. The Morgan fingerprint density at radius 1 is 1.47 bits per heavy atom. The number of hydrogen-bond donors (Lipinski definition) is 1. The van der Waals surface area contributed by atoms with Gasteiger partial charge in [-0.3, -0.25) is 4.79 Å². The molecule has 1 amide bonds. The molecule has 0 saturated heterocycles. The van der Waals surface area contributed by atoms with Crippen LogP contribution in [0.2, 0.25) is 0 Å². The summed E-state index contributed by atoms with van der Waals surface area (Å²) in [6.45, 7) is 2.63. The highest BCUT2D eigenvalue weighted by Crippen LogP contribution is 2.28. The number of carbonyl (C=O) groups is 1. The van der Waals surface area contributed by atoms with Crippen LogP contribution in [0.1, 0.15) is 13.3 Å². The molecule has 4 heteroatoms. The molecule has 1 rings (SSSR count). The van der Waals surface area contributed by atoms with Crippen LogP contribution >= 0.6 is 0 Å². The molecular formula is C11H15NO3. The van der Waals surface area contributed by atoms with Crippen LogP contribution in [0, 0.1) is 0 Å². The second kappa shape index (κ2) is 5.90. The molecule has 0 bridgehead atoms. The summed E-state index contributed by atoms with van der Waals surface area (Å²) in [7, 11) is 1.59. The summed E-state index contributed by atoms with van der Waals surface area (Å²) in [6.07, 6.45) is 1.54. The molecule has 0 fully saturated rings. The molecule has 0 aliphatic heterocycles. The van der Waals surface area contributed by atoms with Crippen LogP contribution in [-0.4, -0.2) is 20.1 Å². The Hall–Kier alpha value is -1.71. The summed E-state index contributed by atoms with van der Waals surface area (Å²) in [5.41, 5.74) is 0.652. The van der Waals surface area contributed by atoms with E-state index in [0.29, 0.717) is 30.2 Å². The van der Waals surface area contributed by atoms with Crippen molar-refractivity contribution in [3.05, 3.63) is 18.2 Å². The third-order valence-corrected chi connectivity index (χ3v) is 1.86. The molecule has 0 aliphatic rings. The first-order chi connectivity index (χ1) is 7.31. The molecule has 0 aliphatic carbocycles. The van der Waals surface area contributed by atoms with Crippen molar-refractivity contribution in [3.63, 3.8) is 0 Å². The molecule has 0 aromatic heterocycles. The fourth-order valence-corrected chi connectivity index (χ4v) is 1.14. The first kappa shape index (κ1) is 11.4. The van der Waals surface area contributed by atoms with Crippen molar-refractivity contribution < 1.29 is 14.3 Å². The second-order valence-electron chi connectivity index (χ2n) is 2.97. The zero-order valence-electron chi connectivity index (χ0n) is 8.95. The van der Waals surface area contributed by atoms with E-state index in [4.69, 9.17) is 9.47 Å². The normalized spacial score (nSPS) is 9.47. The Morgan fingerprint density at radius 2 is 2.27 bits per heavy atom. The van der Waals surface area contributed by atoms with E-state index in [1.54, 1.807) is 25.3 Å². The number of nitrogens with one attached hydrogen (secondary N) is 1. The Bertz CT molecular complexity index is 326. The van der Waals surface area contributed by atoms with E-state index in [1.165, 1.54) is 0 Å². The number of anilines is 1. The van der Waals surface area contributed by atoms with E-state index in [1.807, 2.05) is 6.92 Å². The third-order valence-electron chi connectivity index (χ3n) is 1.86. The quantitative estimate of drug-likeness (QED) is 0.729. The van der Waals surface area contributed by atoms with E-state index in [-0.39, 0.29) is 0 Å². The van der Waals surface area contributed by atoms with Gasteiger partial charge in [0, 0.05) is 6.07 Å². The molecule has 0 unspecified atom stereocenters. The van der Waals surface area contributed by atoms with E-state index in [0.717, 1.165) is 6.42 Å². The minimum Gasteiger partial charge on any atom is -0.497 e. The smallest absolute Gasteiger partial charge is 0.211 e. The molecule has 15 heavy (non-hydrogen) atoms. The zero-order chi connectivity index (χ0) is 11.1. The molecule has 1 aromatic carbocycles. The summed E-state index contributed by atoms with van der Waals surface area (Å²) in [4.78, 5) is 10.4. The van der Waals surface area contributed by atoms with Crippen LogP contribution in [-0.2, 0) is 4.79 Å². The van der Waals surface area contributed by atoms with Gasteiger partial charge >= 0.3 is 0 Å². The fourth-order valence-electron chi connectivity index (χ4n) is 1.14. The SMILES string of the molecule is CCCOc1cc(OC)ccc1NC=O. The maximum Gasteiger partial charge on any atom is 0.211 e. The molecule has 0 spiro atoms. The number of carbonyl (C=O) groups excluding carboxylic acids is 1. The molecule has 1 aromatic rings. The third kappa shape index (κ3) is 3.16. The number of benzene rings is 1. The number of methoxy groups -OCH3 is 1. The fraction of sp³-hybridized carbons (Fsp3) is 0.364. The van der Waals surface area contributed by atoms with Gasteiger partial charge in [0.05, 0.1) is 19.4 Å². The first-order valence-corrected chi connectivity index (χ1v) is 4.82. The largest absolute Gasteiger partial charge is 0.497 e. The zero-order valence-corrected chi connectivity index (χ0v) is 8.95. The van der Waals surface area contributed by atoms with E-state index in [9.17, 15) is 4.79 Å². The van der Waals surface area contributed by atoms with Gasteiger partial charge in [0.15, 0.2) is 0 Å². The standard InChI is InChI=1S/C11H15NO3/c1-3-6-15-11-7-9(14-2)4-5-10(11)12-8-13/h4-5,7-8H,3,6H2,1-2H3,(H,12,13). The Labute approximate surface area is 89.2 Å². The van der Waals surface area contributed by atoms with Crippen LogP contribution in [0.15, 0.2) is 18.2 Å². The van der Waals surface area contributed by atoms with Gasteiger partial charge in [-0.2, -0.15) is 0 Å². The highest BCUT2D eigenvalue weighted by molar-refractivity contribution is 5.76. The topological polar surface area (TPSA) is 47.6 Å². The molecule has 0 heterocycles. The summed E-state index contributed by atoms with van der Waals surface area (Å²) in [5.74, 6) is 1.33. The first-order valence-electron chi connectivity index (χ1n) is 4.82. The number of hydrogen-bond acceptors (Lipinski definition) is 3. The molecule has 82 valence electrons. The van der Waals surface area contributed by atoms with Gasteiger partial charge in [-0.05, 0) is 18.6 Å². The maximum absolute atomic E-state index is 10.4. The average molecular weight is 209 g/mol. The summed E-state index contributed by atoms with van der Waals surface area (Å²) in [6, 6.07) is 5.27. The average Bonchev–Trinajstić information content (AvgIpc) is 2.28. The number of amides is 1. The lowest BCUT2D eigenvalue weighted by molar-refractivity contribution is -0.105. The molecule has 4 nitrogen and oxygen atoms in total. The van der Waals surface area contributed by atoms with Crippen LogP contribution in [0.3, 0.4) is 0 Å². The highest BCUT2D eigenvalue weighted by atomic mass is 16.5. The van der Waals surface area contributed by atoms with Gasteiger partial charge in [0.2, 0.25) is 6.41 Å². The molecular weight excluding hydrogens is 194 g/mol. The molecule has 0 saturated carbocycles. The predicted molar refractivity (Wildman–Crippen MR) is 58.5 cm³/mol. The highest BCUT2D eigenvalue weighted by Gasteiger charge is 2.04. The van der Waals surface area contributed by atoms with Crippen molar-refractivity contribution in [2.45, 2.75) is 13.3 Å². The number of ether oxygens (including phenoxy) is 2. The Morgan fingerprint density at radius 3 is 2.87 bits per heavy atom. The van der Waals surface area contributed by atoms with Gasteiger partial charge in [0.1, 0.15) is 11.5 Å². The Kier molecular flexibility index (Phi) is 4.47. The van der Waals surface area contributed by atoms with Crippen LogP contribution in [0.5, 0.6) is 11.5 Å². The minimum absolute atomic E-state index is 0.612. The lowest BCUT2D eigenvalue weighted by Gasteiger charge is -2.11. The monoisotopic (exact) mass is 209 g/mol. The maximum atomic E-state index is 10.4. The Balaban J connectivity index is 2.88. The van der Waals surface area contributed by atoms with Crippen LogP contribution in [0.25, 0.3) is 0 Å². The van der Waals surface area contributed by atoms with Crippen molar-refractivity contribution in [2.75, 3.05) is 19.0 Å². The van der Waals surface area contributed by atoms with Gasteiger partial charge in [-0.25, -0.2) is 0 Å². The van der Waals surface area contributed by atoms with Crippen molar-refractivity contribution in [2.24, 2.45) is 0 Å². The van der Waals surface area contributed by atoms with Gasteiger partial charge in [-0.1, -0.05) is 6.92 Å². The van der Waals surface area contributed by atoms with Gasteiger partial charge in [0.25, 0.3) is 0 Å². The molecule has 1 N–H and O–H groups in total. The van der Waals surface area contributed by atoms with Gasteiger partial charge < -0.3 is 14.8 Å². The summed E-state index contributed by atoms with van der Waals surface area (Å²) in [5, 5.41) is 2.58. The van der Waals surface area contributed by atoms with Crippen LogP contribution < -0.4 is 14.8 Å². The summed E-state index contributed by atoms with van der Waals surface area (Å²) < 4.78 is 10.6. The molecule has 0 radical (unpaired) electrons. The van der Waals surface area contributed by atoms with Gasteiger partial charge in [-0.15, -0.1) is 0 Å².